The number of unbranched alkanes of at least 4 members (excludes halogenated alkanes) is 1. The van der Waals surface area contributed by atoms with Crippen molar-refractivity contribution in [1.29, 1.82) is 10.5 Å². The van der Waals surface area contributed by atoms with Crippen molar-refractivity contribution >= 4 is 23.1 Å². The first-order valence-corrected chi connectivity index (χ1v) is 13.7. The van der Waals surface area contributed by atoms with Crippen molar-refractivity contribution < 1.29 is 13.9 Å². The second-order valence-corrected chi connectivity index (χ2v) is 10.8. The molecule has 0 saturated carbocycles. The third-order valence-electron chi connectivity index (χ3n) is 6.96. The van der Waals surface area contributed by atoms with Crippen LogP contribution in [0.2, 0.25) is 0 Å². The van der Waals surface area contributed by atoms with Crippen LogP contribution in [-0.4, -0.2) is 25.5 Å². The van der Waals surface area contributed by atoms with Gasteiger partial charge < -0.3 is 10.1 Å². The number of hydrogen-bond donors (Lipinski definition) is 1. The summed E-state index contributed by atoms with van der Waals surface area (Å²) in [5.41, 5.74) is 2.69. The predicted octanol–water partition coefficient (Wildman–Crippen LogP) is 6.97. The zero-order valence-corrected chi connectivity index (χ0v) is 23.4. The normalized spacial score (nSPS) is 15.6. The molecule has 0 aliphatic carbocycles. The highest BCUT2D eigenvalue weighted by atomic mass is 32.2. The molecule has 198 valence electrons. The molecule has 2 rings (SSSR count). The molecule has 0 saturated heterocycles. The van der Waals surface area contributed by atoms with Gasteiger partial charge in [0.2, 0.25) is 0 Å². The lowest BCUT2D eigenvalue weighted by atomic mass is 9.81. The Balaban J connectivity index is 2.09. The topological polar surface area (TPSA) is 85.9 Å². The molecule has 0 fully saturated rings. The van der Waals surface area contributed by atoms with Crippen LogP contribution in [0.5, 0.6) is 5.75 Å². The Morgan fingerprint density at radius 2 is 2.08 bits per heavy atom. The van der Waals surface area contributed by atoms with E-state index < -0.39 is 11.7 Å². The van der Waals surface area contributed by atoms with E-state index in [1.807, 2.05) is 39.8 Å². The summed E-state index contributed by atoms with van der Waals surface area (Å²) in [5, 5.41) is 22.2. The molecular formula is C30H38FN3O2S. The van der Waals surface area contributed by atoms with Crippen LogP contribution in [0, 0.1) is 46.2 Å². The Bertz CT molecular complexity index is 1140. The van der Waals surface area contributed by atoms with E-state index in [-0.39, 0.29) is 30.6 Å². The molecule has 0 spiro atoms. The van der Waals surface area contributed by atoms with Gasteiger partial charge in [-0.25, -0.2) is 4.39 Å². The summed E-state index contributed by atoms with van der Waals surface area (Å²) in [6.45, 7) is 15.2. The van der Waals surface area contributed by atoms with Crippen molar-refractivity contribution in [2.75, 3.05) is 19.7 Å². The number of thioether (sulfide) groups is 1. The number of fused-ring (bicyclic) bond motifs is 1. The largest absolute Gasteiger partial charge is 0.488 e. The SMILES string of the molecule is C=C(C#N)SC1=C(C)c2cc(F)c(CC(C#N)CC(C)[C@H](C)C(=O)/C(=C/C)CNCCCC)cc2OC1. The molecule has 37 heavy (non-hydrogen) atoms. The van der Waals surface area contributed by atoms with Gasteiger partial charge in [0.25, 0.3) is 0 Å². The third kappa shape index (κ3) is 8.32. The van der Waals surface area contributed by atoms with E-state index in [1.54, 1.807) is 6.07 Å². The van der Waals surface area contributed by atoms with E-state index in [9.17, 15) is 10.1 Å². The summed E-state index contributed by atoms with van der Waals surface area (Å²) in [7, 11) is 0. The highest BCUT2D eigenvalue weighted by Crippen LogP contribution is 2.40. The van der Waals surface area contributed by atoms with Gasteiger partial charge in [0.15, 0.2) is 5.78 Å². The summed E-state index contributed by atoms with van der Waals surface area (Å²) in [4.78, 5) is 14.3. The van der Waals surface area contributed by atoms with Crippen molar-refractivity contribution in [3.8, 4) is 17.9 Å². The van der Waals surface area contributed by atoms with E-state index in [2.05, 4.69) is 24.9 Å². The van der Waals surface area contributed by atoms with Crippen LogP contribution in [0.4, 0.5) is 4.39 Å². The van der Waals surface area contributed by atoms with Gasteiger partial charge in [-0.3, -0.25) is 4.79 Å². The molecule has 1 aliphatic heterocycles. The van der Waals surface area contributed by atoms with Gasteiger partial charge in [-0.1, -0.05) is 51.6 Å². The number of carbonyl (C=O) groups is 1. The molecule has 0 amide bonds. The quantitative estimate of drug-likeness (QED) is 0.161. The molecular weight excluding hydrogens is 485 g/mol. The molecule has 1 aromatic carbocycles. The van der Waals surface area contributed by atoms with Gasteiger partial charge >= 0.3 is 0 Å². The molecule has 2 unspecified atom stereocenters. The maximum atomic E-state index is 15.1. The fourth-order valence-electron chi connectivity index (χ4n) is 4.35. The lowest BCUT2D eigenvalue weighted by molar-refractivity contribution is -0.120. The van der Waals surface area contributed by atoms with Crippen molar-refractivity contribution in [1.82, 2.24) is 5.32 Å². The summed E-state index contributed by atoms with van der Waals surface area (Å²) in [6.07, 6.45) is 4.77. The lowest BCUT2D eigenvalue weighted by Gasteiger charge is -2.24. The van der Waals surface area contributed by atoms with Crippen LogP contribution < -0.4 is 10.1 Å². The smallest absolute Gasteiger partial charge is 0.162 e. The minimum atomic E-state index is -0.431. The zero-order valence-electron chi connectivity index (χ0n) is 22.6. The fraction of sp³-hybridized carbons (Fsp3) is 0.500. The van der Waals surface area contributed by atoms with Gasteiger partial charge in [0.05, 0.1) is 16.9 Å². The van der Waals surface area contributed by atoms with Gasteiger partial charge in [0, 0.05) is 28.5 Å². The molecule has 1 heterocycles. The first-order valence-electron chi connectivity index (χ1n) is 12.9. The first-order chi connectivity index (χ1) is 17.7. The molecule has 1 aliphatic rings. The van der Waals surface area contributed by atoms with E-state index in [4.69, 9.17) is 10.00 Å². The molecule has 7 heteroatoms. The number of Topliss-reactive ketones (excluding diaryl/α,β-unsaturated/α-hetero) is 1. The average molecular weight is 524 g/mol. The summed E-state index contributed by atoms with van der Waals surface area (Å²) >= 11 is 1.24. The second kappa shape index (κ2) is 14.8. The monoisotopic (exact) mass is 523 g/mol. The number of allylic oxidation sites excluding steroid dienone is 3. The number of halogens is 1. The minimum absolute atomic E-state index is 0.0299. The maximum Gasteiger partial charge on any atom is 0.162 e. The van der Waals surface area contributed by atoms with Crippen LogP contribution in [0.15, 0.2) is 40.2 Å². The summed E-state index contributed by atoms with van der Waals surface area (Å²) in [5.74, 6) is -0.420. The summed E-state index contributed by atoms with van der Waals surface area (Å²) in [6, 6.07) is 7.45. The standard InChI is InChI=1S/C30H38FN3O2S/c1-7-9-10-34-17-24(8-2)30(35)21(5)19(3)11-23(16-33)12-25-13-28-26(14-27(25)31)22(6)29(18-36-28)37-20(4)15-32/h8,13-14,19,21,23,34H,4,7,9-12,17-18H2,1-3,5-6H3/b24-8+/t19?,21-,23?/m0/s1. The Labute approximate surface area is 225 Å². The number of nitriles is 2. The van der Waals surface area contributed by atoms with Crippen LogP contribution >= 0.6 is 11.8 Å². The molecule has 0 aromatic heterocycles. The Morgan fingerprint density at radius 3 is 2.70 bits per heavy atom. The van der Waals surface area contributed by atoms with Gasteiger partial charge in [-0.2, -0.15) is 10.5 Å². The summed E-state index contributed by atoms with van der Waals surface area (Å²) < 4.78 is 21.0. The van der Waals surface area contributed by atoms with Crippen LogP contribution in [0.3, 0.4) is 0 Å². The van der Waals surface area contributed by atoms with E-state index in [1.165, 1.54) is 17.8 Å². The number of benzene rings is 1. The van der Waals surface area contributed by atoms with Crippen molar-refractivity contribution in [3.63, 3.8) is 0 Å². The Hall–Kier alpha value is -2.87. The number of rotatable bonds is 14. The third-order valence-corrected chi connectivity index (χ3v) is 7.97. The molecule has 3 atom stereocenters. The van der Waals surface area contributed by atoms with E-state index >= 15 is 4.39 Å². The van der Waals surface area contributed by atoms with Gasteiger partial charge in [-0.05, 0) is 68.8 Å². The number of carbonyl (C=O) groups excluding carboxylic acids is 1. The molecule has 0 bridgehead atoms. The van der Waals surface area contributed by atoms with Crippen molar-refractivity contribution in [2.24, 2.45) is 17.8 Å². The zero-order chi connectivity index (χ0) is 27.5. The van der Waals surface area contributed by atoms with Gasteiger partial charge in [0.1, 0.15) is 24.2 Å². The van der Waals surface area contributed by atoms with E-state index in [0.29, 0.717) is 34.7 Å². The van der Waals surface area contributed by atoms with Crippen LogP contribution in [0.1, 0.15) is 65.0 Å². The Kier molecular flexibility index (Phi) is 12.1. The second-order valence-electron chi connectivity index (χ2n) is 9.65. The van der Waals surface area contributed by atoms with Crippen LogP contribution in [0.25, 0.3) is 5.57 Å². The number of ketones is 1. The maximum absolute atomic E-state index is 15.1. The van der Waals surface area contributed by atoms with Crippen LogP contribution in [-0.2, 0) is 11.2 Å². The van der Waals surface area contributed by atoms with Crippen molar-refractivity contribution in [2.45, 2.75) is 60.3 Å². The average Bonchev–Trinajstić information content (AvgIpc) is 2.89. The molecule has 1 aromatic rings. The lowest BCUT2D eigenvalue weighted by Crippen LogP contribution is -2.28. The first kappa shape index (κ1) is 30.4. The number of ether oxygens (including phenoxy) is 1. The predicted molar refractivity (Wildman–Crippen MR) is 149 cm³/mol. The fourth-order valence-corrected chi connectivity index (χ4v) is 5.07. The molecule has 5 nitrogen and oxygen atoms in total. The Morgan fingerprint density at radius 1 is 1.35 bits per heavy atom. The molecule has 1 N–H and O–H groups in total. The van der Waals surface area contributed by atoms with Crippen molar-refractivity contribution in [3.05, 3.63) is 57.1 Å². The molecule has 0 radical (unpaired) electrons. The van der Waals surface area contributed by atoms with E-state index in [0.717, 1.165) is 35.4 Å². The highest BCUT2D eigenvalue weighted by molar-refractivity contribution is 8.07. The van der Waals surface area contributed by atoms with Gasteiger partial charge in [-0.15, -0.1) is 0 Å². The number of nitrogens with one attached hydrogen (secondary N) is 1. The number of hydrogen-bond acceptors (Lipinski definition) is 6. The number of nitrogens with zero attached hydrogens (tertiary/aromatic N) is 2. The highest BCUT2D eigenvalue weighted by Gasteiger charge is 2.27. The minimum Gasteiger partial charge on any atom is -0.488 e.